The van der Waals surface area contributed by atoms with Crippen LogP contribution in [0.5, 0.6) is 0 Å². The van der Waals surface area contributed by atoms with Crippen LogP contribution in [0.3, 0.4) is 0 Å². The maximum Gasteiger partial charge on any atom is 0.242 e. The second kappa shape index (κ2) is 7.85. The molecule has 9 heteroatoms. The van der Waals surface area contributed by atoms with Crippen molar-refractivity contribution >= 4 is 28.3 Å². The number of ether oxygens (including phenoxy) is 1. The minimum atomic E-state index is -0.448. The Morgan fingerprint density at radius 3 is 2.96 bits per heavy atom. The molecule has 142 valence electrons. The normalized spacial score (nSPS) is 16.5. The number of amides is 1. The van der Waals surface area contributed by atoms with E-state index in [2.05, 4.69) is 30.8 Å². The van der Waals surface area contributed by atoms with Gasteiger partial charge in [-0.3, -0.25) is 9.69 Å². The van der Waals surface area contributed by atoms with E-state index in [0.29, 0.717) is 12.5 Å². The molecule has 0 saturated carbocycles. The van der Waals surface area contributed by atoms with E-state index in [4.69, 9.17) is 4.74 Å². The van der Waals surface area contributed by atoms with Gasteiger partial charge in [-0.1, -0.05) is 23.4 Å². The number of morpholine rings is 1. The predicted octanol–water partition coefficient (Wildman–Crippen LogP) is 0.526. The molecule has 27 heavy (non-hydrogen) atoms. The number of rotatable bonds is 6. The van der Waals surface area contributed by atoms with Crippen molar-refractivity contribution in [2.45, 2.75) is 13.0 Å². The lowest BCUT2D eigenvalue weighted by atomic mass is 10.2. The Kier molecular flexibility index (Phi) is 5.12. The zero-order valence-electron chi connectivity index (χ0n) is 15.3. The molecule has 0 radical (unpaired) electrons. The zero-order chi connectivity index (χ0) is 18.6. The first-order chi connectivity index (χ1) is 13.2. The topological polar surface area (TPSA) is 96.7 Å². The third-order valence-corrected chi connectivity index (χ3v) is 4.73. The summed E-state index contributed by atoms with van der Waals surface area (Å²) in [4.78, 5) is 19.3. The Labute approximate surface area is 156 Å². The minimum absolute atomic E-state index is 0.0773. The molecule has 4 rings (SSSR count). The fourth-order valence-corrected chi connectivity index (χ4v) is 3.19. The van der Waals surface area contributed by atoms with E-state index in [1.165, 1.54) is 0 Å². The molecule has 2 N–H and O–H groups in total. The summed E-state index contributed by atoms with van der Waals surface area (Å²) in [7, 11) is 0. The van der Waals surface area contributed by atoms with Crippen LogP contribution in [0, 0.1) is 0 Å². The predicted molar refractivity (Wildman–Crippen MR) is 102 cm³/mol. The number of benzene rings is 1. The lowest BCUT2D eigenvalue weighted by molar-refractivity contribution is -0.121. The lowest BCUT2D eigenvalue weighted by Crippen LogP contribution is -2.44. The molecule has 0 spiro atoms. The molecule has 0 bridgehead atoms. The van der Waals surface area contributed by atoms with E-state index in [1.807, 2.05) is 31.2 Å². The maximum atomic E-state index is 12.4. The van der Waals surface area contributed by atoms with E-state index in [-0.39, 0.29) is 5.91 Å². The standard InChI is InChI=1S/C18H23N7O2/c1-13(17(26)19-6-7-24-8-10-27-11-9-24)21-18-22-15-5-3-2-4-14(15)16-12-20-23-25(16)18/h2-5,12-13H,6-11H2,1H3,(H,19,26)(H,21,22)/t13-/m1/s1. The molecule has 1 amide bonds. The van der Waals surface area contributed by atoms with Crippen molar-refractivity contribution in [2.75, 3.05) is 44.7 Å². The molecule has 1 saturated heterocycles. The highest BCUT2D eigenvalue weighted by atomic mass is 16.5. The molecule has 3 heterocycles. The number of para-hydroxylation sites is 1. The summed E-state index contributed by atoms with van der Waals surface area (Å²) in [5.74, 6) is 0.420. The van der Waals surface area contributed by atoms with Crippen molar-refractivity contribution in [2.24, 2.45) is 0 Å². The van der Waals surface area contributed by atoms with Crippen molar-refractivity contribution < 1.29 is 9.53 Å². The Hall–Kier alpha value is -2.78. The fraction of sp³-hybridized carbons (Fsp3) is 0.444. The van der Waals surface area contributed by atoms with Gasteiger partial charge in [0.25, 0.3) is 0 Å². The first-order valence-corrected chi connectivity index (χ1v) is 9.16. The summed E-state index contributed by atoms with van der Waals surface area (Å²) in [5.41, 5.74) is 1.68. The van der Waals surface area contributed by atoms with Crippen LogP contribution in [0.25, 0.3) is 16.4 Å². The van der Waals surface area contributed by atoms with Gasteiger partial charge in [0, 0.05) is 31.6 Å². The number of carbonyl (C=O) groups excluding carboxylic acids is 1. The summed E-state index contributed by atoms with van der Waals surface area (Å²) >= 11 is 0. The van der Waals surface area contributed by atoms with Crippen LogP contribution in [0.4, 0.5) is 5.95 Å². The number of nitrogens with zero attached hydrogens (tertiary/aromatic N) is 5. The van der Waals surface area contributed by atoms with Crippen LogP contribution >= 0.6 is 0 Å². The maximum absolute atomic E-state index is 12.4. The van der Waals surface area contributed by atoms with Gasteiger partial charge in [-0.25, -0.2) is 4.98 Å². The average molecular weight is 369 g/mol. The van der Waals surface area contributed by atoms with Crippen molar-refractivity contribution in [1.82, 2.24) is 30.0 Å². The molecule has 2 aromatic heterocycles. The van der Waals surface area contributed by atoms with Gasteiger partial charge in [0.05, 0.1) is 30.4 Å². The van der Waals surface area contributed by atoms with Gasteiger partial charge in [-0.2, -0.15) is 4.52 Å². The van der Waals surface area contributed by atoms with Gasteiger partial charge in [0.2, 0.25) is 11.9 Å². The molecule has 0 aliphatic carbocycles. The van der Waals surface area contributed by atoms with E-state index < -0.39 is 6.04 Å². The number of hydrogen-bond acceptors (Lipinski definition) is 7. The quantitative estimate of drug-likeness (QED) is 0.654. The van der Waals surface area contributed by atoms with E-state index >= 15 is 0 Å². The molecule has 1 aromatic carbocycles. The van der Waals surface area contributed by atoms with E-state index in [0.717, 1.165) is 49.3 Å². The lowest BCUT2D eigenvalue weighted by Gasteiger charge is -2.26. The van der Waals surface area contributed by atoms with Crippen LogP contribution in [0.2, 0.25) is 0 Å². The summed E-state index contributed by atoms with van der Waals surface area (Å²) in [6.45, 7) is 6.58. The molecular formula is C18H23N7O2. The van der Waals surface area contributed by atoms with Crippen molar-refractivity contribution in [3.05, 3.63) is 30.5 Å². The highest BCUT2D eigenvalue weighted by Crippen LogP contribution is 2.20. The van der Waals surface area contributed by atoms with Crippen molar-refractivity contribution in [3.8, 4) is 0 Å². The van der Waals surface area contributed by atoms with Gasteiger partial charge in [-0.15, -0.1) is 5.10 Å². The Balaban J connectivity index is 1.41. The monoisotopic (exact) mass is 369 g/mol. The minimum Gasteiger partial charge on any atom is -0.379 e. The third kappa shape index (κ3) is 3.83. The summed E-state index contributed by atoms with van der Waals surface area (Å²) in [5, 5.41) is 15.2. The highest BCUT2D eigenvalue weighted by Gasteiger charge is 2.17. The van der Waals surface area contributed by atoms with E-state index in [1.54, 1.807) is 10.7 Å². The first-order valence-electron chi connectivity index (χ1n) is 9.16. The van der Waals surface area contributed by atoms with Gasteiger partial charge in [0.15, 0.2) is 0 Å². The molecule has 3 aromatic rings. The molecule has 0 unspecified atom stereocenters. The highest BCUT2D eigenvalue weighted by molar-refractivity contribution is 5.94. The summed E-state index contributed by atoms with van der Waals surface area (Å²) in [6, 6.07) is 7.35. The molecule has 1 aliphatic heterocycles. The molecule has 1 fully saturated rings. The zero-order valence-corrected chi connectivity index (χ0v) is 15.3. The molecular weight excluding hydrogens is 346 g/mol. The van der Waals surface area contributed by atoms with Gasteiger partial charge in [-0.05, 0) is 13.0 Å². The Morgan fingerprint density at radius 2 is 2.11 bits per heavy atom. The second-order valence-electron chi connectivity index (χ2n) is 6.59. The Bertz CT molecular complexity index is 936. The SMILES string of the molecule is C[C@@H](Nc1nc2ccccc2c2cnnn12)C(=O)NCCN1CCOCC1. The van der Waals surface area contributed by atoms with Crippen molar-refractivity contribution in [1.29, 1.82) is 0 Å². The number of carbonyl (C=O) groups is 1. The number of anilines is 1. The number of fused-ring (bicyclic) bond motifs is 3. The van der Waals surface area contributed by atoms with Crippen LogP contribution < -0.4 is 10.6 Å². The molecule has 9 nitrogen and oxygen atoms in total. The number of aromatic nitrogens is 4. The van der Waals surface area contributed by atoms with Gasteiger partial charge >= 0.3 is 0 Å². The number of hydrogen-bond donors (Lipinski definition) is 2. The van der Waals surface area contributed by atoms with Crippen LogP contribution in [-0.4, -0.2) is 76.1 Å². The van der Waals surface area contributed by atoms with Crippen LogP contribution in [0.1, 0.15) is 6.92 Å². The smallest absolute Gasteiger partial charge is 0.242 e. The second-order valence-corrected chi connectivity index (χ2v) is 6.59. The number of nitrogens with one attached hydrogen (secondary N) is 2. The van der Waals surface area contributed by atoms with Gasteiger partial charge in [0.1, 0.15) is 6.04 Å². The Morgan fingerprint density at radius 1 is 1.30 bits per heavy atom. The first kappa shape index (κ1) is 17.6. The largest absolute Gasteiger partial charge is 0.379 e. The van der Waals surface area contributed by atoms with Crippen LogP contribution in [-0.2, 0) is 9.53 Å². The van der Waals surface area contributed by atoms with Crippen LogP contribution in [0.15, 0.2) is 30.5 Å². The summed E-state index contributed by atoms with van der Waals surface area (Å²) in [6.07, 6.45) is 1.70. The van der Waals surface area contributed by atoms with Gasteiger partial charge < -0.3 is 15.4 Å². The fourth-order valence-electron chi connectivity index (χ4n) is 3.19. The third-order valence-electron chi connectivity index (χ3n) is 4.73. The average Bonchev–Trinajstić information content (AvgIpc) is 3.19. The molecule has 1 atom stereocenters. The molecule has 1 aliphatic rings. The summed E-state index contributed by atoms with van der Waals surface area (Å²) < 4.78 is 6.96. The van der Waals surface area contributed by atoms with E-state index in [9.17, 15) is 4.79 Å². The van der Waals surface area contributed by atoms with Crippen molar-refractivity contribution in [3.63, 3.8) is 0 Å².